The van der Waals surface area contributed by atoms with Crippen LogP contribution in [-0.2, 0) is 0 Å². The van der Waals surface area contributed by atoms with E-state index in [-0.39, 0.29) is 0 Å². The van der Waals surface area contributed by atoms with E-state index in [2.05, 4.69) is 50.9 Å². The van der Waals surface area contributed by atoms with Crippen LogP contribution in [0.1, 0.15) is 12.7 Å². The minimum Gasteiger partial charge on any atom is -0.338 e. The van der Waals surface area contributed by atoms with Gasteiger partial charge in [0.15, 0.2) is 0 Å². The van der Waals surface area contributed by atoms with Crippen molar-refractivity contribution in [3.05, 3.63) is 85.1 Å². The average molecular weight is 404 g/mol. The number of aromatic nitrogens is 5. The van der Waals surface area contributed by atoms with Crippen molar-refractivity contribution in [2.45, 2.75) is 6.92 Å². The van der Waals surface area contributed by atoms with Gasteiger partial charge in [-0.05, 0) is 67.2 Å². The second kappa shape index (κ2) is 7.84. The largest absolute Gasteiger partial charge is 0.338 e. The third kappa shape index (κ3) is 3.55. The Kier molecular flexibility index (Phi) is 4.72. The van der Waals surface area contributed by atoms with E-state index >= 15 is 0 Å². The predicted octanol–water partition coefficient (Wildman–Crippen LogP) is 5.79. The summed E-state index contributed by atoms with van der Waals surface area (Å²) in [6.07, 6.45) is 9.08. The van der Waals surface area contributed by atoms with Crippen LogP contribution in [0.15, 0.2) is 84.3 Å². The first kappa shape index (κ1) is 18.7. The Morgan fingerprint density at radius 2 is 1.55 bits per heavy atom. The summed E-state index contributed by atoms with van der Waals surface area (Å²) in [5.41, 5.74) is 8.02. The van der Waals surface area contributed by atoms with Crippen LogP contribution in [0.2, 0.25) is 0 Å². The standard InChI is InChI=1S/C25H20N6/c1-3-16(8-11-26-2)24-28-20-6-4-18(14-22(20)30-24)19-5-7-21-23(15-19)31-25(29-21)17-9-12-27-13-10-17/h3-15H,2H2,1H3,(H,28,30)(H,29,31)/b11-8-,16-3+. The van der Waals surface area contributed by atoms with Crippen LogP contribution in [0.4, 0.5) is 0 Å². The van der Waals surface area contributed by atoms with Gasteiger partial charge in [-0.1, -0.05) is 18.2 Å². The van der Waals surface area contributed by atoms with Gasteiger partial charge in [-0.15, -0.1) is 0 Å². The average Bonchev–Trinajstić information content (AvgIpc) is 3.43. The van der Waals surface area contributed by atoms with E-state index in [1.807, 2.05) is 43.3 Å². The lowest BCUT2D eigenvalue weighted by Crippen LogP contribution is -1.82. The van der Waals surface area contributed by atoms with E-state index in [9.17, 15) is 0 Å². The zero-order valence-corrected chi connectivity index (χ0v) is 17.0. The third-order valence-corrected chi connectivity index (χ3v) is 5.19. The number of nitrogens with zero attached hydrogens (tertiary/aromatic N) is 4. The number of benzene rings is 2. The Bertz CT molecular complexity index is 1450. The van der Waals surface area contributed by atoms with Crippen LogP contribution in [-0.4, -0.2) is 31.6 Å². The van der Waals surface area contributed by atoms with Crippen molar-refractivity contribution in [2.75, 3.05) is 0 Å². The number of H-pyrrole nitrogens is 2. The fraction of sp³-hybridized carbons (Fsp3) is 0.0400. The Morgan fingerprint density at radius 1 is 0.871 bits per heavy atom. The minimum atomic E-state index is 0.806. The number of imidazole rings is 2. The zero-order valence-electron chi connectivity index (χ0n) is 17.0. The SMILES string of the molecule is C=N/C=C\C(=C/C)c1nc2ccc(-c3ccc4nc(-c5ccncc5)[nH]c4c3)cc2[nH]1. The van der Waals surface area contributed by atoms with Crippen molar-refractivity contribution in [1.82, 2.24) is 24.9 Å². The van der Waals surface area contributed by atoms with Crippen LogP contribution < -0.4 is 0 Å². The molecule has 6 heteroatoms. The van der Waals surface area contributed by atoms with E-state index in [0.717, 1.165) is 56.0 Å². The normalized spacial score (nSPS) is 12.2. The van der Waals surface area contributed by atoms with Crippen LogP contribution in [0.3, 0.4) is 0 Å². The Morgan fingerprint density at radius 3 is 2.23 bits per heavy atom. The highest BCUT2D eigenvalue weighted by atomic mass is 14.9. The smallest absolute Gasteiger partial charge is 0.138 e. The van der Waals surface area contributed by atoms with Gasteiger partial charge in [0, 0.05) is 29.7 Å². The molecule has 2 aromatic carbocycles. The number of aliphatic imine (C=N–C) groups is 1. The van der Waals surface area contributed by atoms with Crippen molar-refractivity contribution >= 4 is 34.4 Å². The summed E-state index contributed by atoms with van der Waals surface area (Å²) >= 11 is 0. The lowest BCUT2D eigenvalue weighted by molar-refractivity contribution is 1.27. The molecular formula is C25H20N6. The van der Waals surface area contributed by atoms with Crippen molar-refractivity contribution in [3.63, 3.8) is 0 Å². The minimum absolute atomic E-state index is 0.806. The van der Waals surface area contributed by atoms with Crippen molar-refractivity contribution < 1.29 is 0 Å². The number of rotatable bonds is 5. The molecule has 2 N–H and O–H groups in total. The number of aromatic amines is 2. The van der Waals surface area contributed by atoms with E-state index in [1.165, 1.54) is 0 Å². The Labute approximate surface area is 179 Å². The topological polar surface area (TPSA) is 82.6 Å². The molecule has 5 aromatic rings. The highest BCUT2D eigenvalue weighted by Crippen LogP contribution is 2.28. The summed E-state index contributed by atoms with van der Waals surface area (Å²) in [6, 6.07) is 16.4. The van der Waals surface area contributed by atoms with Gasteiger partial charge < -0.3 is 9.97 Å². The fourth-order valence-corrected chi connectivity index (χ4v) is 3.61. The molecule has 6 nitrogen and oxygen atoms in total. The molecular weight excluding hydrogens is 384 g/mol. The zero-order chi connectivity index (χ0) is 21.2. The molecule has 0 bridgehead atoms. The quantitative estimate of drug-likeness (QED) is 0.287. The summed E-state index contributed by atoms with van der Waals surface area (Å²) in [6.45, 7) is 5.46. The molecule has 0 amide bonds. The van der Waals surface area contributed by atoms with Gasteiger partial charge in [0.05, 0.1) is 22.1 Å². The molecule has 5 rings (SSSR count). The first-order chi connectivity index (χ1) is 15.2. The monoisotopic (exact) mass is 404 g/mol. The van der Waals surface area contributed by atoms with Crippen LogP contribution in [0, 0.1) is 0 Å². The maximum absolute atomic E-state index is 4.70. The highest BCUT2D eigenvalue weighted by molar-refractivity contribution is 5.88. The molecule has 0 atom stereocenters. The van der Waals surface area contributed by atoms with E-state index < -0.39 is 0 Å². The molecule has 0 radical (unpaired) electrons. The highest BCUT2D eigenvalue weighted by Gasteiger charge is 2.10. The summed E-state index contributed by atoms with van der Waals surface area (Å²) in [7, 11) is 0. The molecule has 0 aliphatic rings. The first-order valence-electron chi connectivity index (χ1n) is 9.94. The second-order valence-electron chi connectivity index (χ2n) is 7.11. The van der Waals surface area contributed by atoms with Gasteiger partial charge in [0.1, 0.15) is 11.6 Å². The molecule has 0 saturated carbocycles. The number of pyridine rings is 1. The second-order valence-corrected chi connectivity index (χ2v) is 7.11. The molecule has 0 spiro atoms. The lowest BCUT2D eigenvalue weighted by atomic mass is 10.0. The Hall–Kier alpha value is -4.32. The van der Waals surface area contributed by atoms with Gasteiger partial charge in [-0.2, -0.15) is 0 Å². The van der Waals surface area contributed by atoms with E-state index in [0.29, 0.717) is 0 Å². The number of hydrogen-bond donors (Lipinski definition) is 2. The first-order valence-corrected chi connectivity index (χ1v) is 9.94. The van der Waals surface area contributed by atoms with E-state index in [1.54, 1.807) is 18.6 Å². The van der Waals surface area contributed by atoms with Crippen molar-refractivity contribution in [1.29, 1.82) is 0 Å². The lowest BCUT2D eigenvalue weighted by Gasteiger charge is -2.01. The van der Waals surface area contributed by atoms with E-state index in [4.69, 9.17) is 9.97 Å². The summed E-state index contributed by atoms with van der Waals surface area (Å²) in [5, 5.41) is 0. The predicted molar refractivity (Wildman–Crippen MR) is 127 cm³/mol. The van der Waals surface area contributed by atoms with Gasteiger partial charge in [0.2, 0.25) is 0 Å². The molecule has 0 unspecified atom stereocenters. The molecule has 150 valence electrons. The maximum Gasteiger partial charge on any atom is 0.138 e. The van der Waals surface area contributed by atoms with Crippen LogP contribution >= 0.6 is 0 Å². The fourth-order valence-electron chi connectivity index (χ4n) is 3.61. The van der Waals surface area contributed by atoms with Crippen LogP contribution in [0.25, 0.3) is 50.2 Å². The molecule has 0 aliphatic carbocycles. The van der Waals surface area contributed by atoms with Crippen molar-refractivity contribution in [3.8, 4) is 22.5 Å². The molecule has 3 heterocycles. The Balaban J connectivity index is 1.52. The molecule has 0 aliphatic heterocycles. The number of nitrogens with one attached hydrogen (secondary N) is 2. The summed E-state index contributed by atoms with van der Waals surface area (Å²) in [4.78, 5) is 24.1. The summed E-state index contributed by atoms with van der Waals surface area (Å²) < 4.78 is 0. The maximum atomic E-state index is 4.70. The van der Waals surface area contributed by atoms with Gasteiger partial charge in [-0.3, -0.25) is 9.98 Å². The van der Waals surface area contributed by atoms with Gasteiger partial charge >= 0.3 is 0 Å². The molecule has 0 fully saturated rings. The van der Waals surface area contributed by atoms with Gasteiger partial charge in [-0.25, -0.2) is 9.97 Å². The number of fused-ring (bicyclic) bond motifs is 2. The van der Waals surface area contributed by atoms with Crippen molar-refractivity contribution in [2.24, 2.45) is 4.99 Å². The molecule has 31 heavy (non-hydrogen) atoms. The third-order valence-electron chi connectivity index (χ3n) is 5.19. The number of allylic oxidation sites excluding steroid dienone is 3. The van der Waals surface area contributed by atoms with Gasteiger partial charge in [0.25, 0.3) is 0 Å². The van der Waals surface area contributed by atoms with Crippen LogP contribution in [0.5, 0.6) is 0 Å². The number of hydrogen-bond acceptors (Lipinski definition) is 4. The summed E-state index contributed by atoms with van der Waals surface area (Å²) in [5.74, 6) is 1.64. The molecule has 0 saturated heterocycles. The molecule has 3 aromatic heterocycles.